The van der Waals surface area contributed by atoms with Crippen LogP contribution in [0.5, 0.6) is 0 Å². The van der Waals surface area contributed by atoms with Crippen molar-refractivity contribution in [3.63, 3.8) is 0 Å². The van der Waals surface area contributed by atoms with E-state index in [1.807, 2.05) is 6.20 Å². The molecule has 1 radical (unpaired) electrons. The van der Waals surface area contributed by atoms with Crippen LogP contribution in [0.1, 0.15) is 102 Å². The van der Waals surface area contributed by atoms with Gasteiger partial charge < -0.3 is 9.13 Å². The summed E-state index contributed by atoms with van der Waals surface area (Å²) in [7, 11) is -3.28. The van der Waals surface area contributed by atoms with Gasteiger partial charge in [0, 0.05) is 49.4 Å². The zero-order chi connectivity index (χ0) is 37.6. The van der Waals surface area contributed by atoms with E-state index in [0.717, 1.165) is 16.6 Å². The molecule has 0 atom stereocenters. The number of hydrogen-bond acceptors (Lipinski definition) is 1. The molecule has 0 saturated heterocycles. The molecule has 0 spiro atoms. The summed E-state index contributed by atoms with van der Waals surface area (Å²) in [4.78, 5) is 5.02. The van der Waals surface area contributed by atoms with Crippen molar-refractivity contribution >= 4 is 38.0 Å². The molecular formula is C48H64IrN3Si2-. The number of imidazole rings is 1. The smallest absolute Gasteiger partial charge is 0.0603 e. The Hall–Kier alpha value is -3.03. The normalized spacial score (nSPS) is 12.2. The first kappa shape index (κ1) is 42.1. The quantitative estimate of drug-likeness (QED) is 0.0622. The van der Waals surface area contributed by atoms with Gasteiger partial charge in [-0.1, -0.05) is 170 Å². The summed E-state index contributed by atoms with van der Waals surface area (Å²) in [6, 6.07) is 41.8. The Morgan fingerprint density at radius 1 is 0.630 bits per heavy atom. The van der Waals surface area contributed by atoms with Gasteiger partial charge in [-0.3, -0.25) is 4.98 Å². The maximum Gasteiger partial charge on any atom is 0.0603 e. The van der Waals surface area contributed by atoms with Crippen molar-refractivity contribution < 1.29 is 20.1 Å². The Labute approximate surface area is 342 Å². The van der Waals surface area contributed by atoms with Gasteiger partial charge in [0.2, 0.25) is 0 Å². The van der Waals surface area contributed by atoms with Crippen LogP contribution < -0.4 is 0 Å². The third-order valence-corrected chi connectivity index (χ3v) is 28.1. The zero-order valence-electron chi connectivity index (χ0n) is 34.4. The van der Waals surface area contributed by atoms with E-state index in [9.17, 15) is 0 Å². The first-order valence-corrected chi connectivity index (χ1v) is 26.4. The maximum atomic E-state index is 5.02. The summed E-state index contributed by atoms with van der Waals surface area (Å²) in [5, 5.41) is 3.30. The molecule has 6 aromatic rings. The predicted molar refractivity (Wildman–Crippen MR) is 236 cm³/mol. The summed E-state index contributed by atoms with van der Waals surface area (Å²) >= 11 is 0. The molecule has 0 saturated carbocycles. The van der Waals surface area contributed by atoms with Gasteiger partial charge in [0.25, 0.3) is 0 Å². The second kappa shape index (κ2) is 18.7. The van der Waals surface area contributed by atoms with E-state index < -0.39 is 16.1 Å². The van der Waals surface area contributed by atoms with Crippen molar-refractivity contribution in [2.24, 2.45) is 0 Å². The minimum absolute atomic E-state index is 0. The van der Waals surface area contributed by atoms with E-state index in [-0.39, 0.29) is 20.1 Å². The number of benzene rings is 4. The Bertz CT molecular complexity index is 2030. The molecule has 0 N–H and O–H groups in total. The Kier molecular flexibility index (Phi) is 14.6. The predicted octanol–water partition coefficient (Wildman–Crippen LogP) is 14.6. The van der Waals surface area contributed by atoms with E-state index in [1.54, 1.807) is 5.56 Å². The van der Waals surface area contributed by atoms with Crippen molar-refractivity contribution in [1.29, 1.82) is 0 Å². The largest absolute Gasteiger partial charge is 0.351 e. The van der Waals surface area contributed by atoms with Crippen LogP contribution in [-0.4, -0.2) is 30.3 Å². The van der Waals surface area contributed by atoms with Crippen LogP contribution in [0.15, 0.2) is 91.3 Å². The molecule has 6 heteroatoms. The first-order chi connectivity index (χ1) is 25.8. The Balaban J connectivity index is 0.00000561. The molecule has 0 aliphatic rings. The third-order valence-electron chi connectivity index (χ3n) is 12.3. The van der Waals surface area contributed by atoms with Gasteiger partial charge in [-0.25, -0.2) is 0 Å². The van der Waals surface area contributed by atoms with Gasteiger partial charge in [-0.05, 0) is 64.8 Å². The molecule has 2 heterocycles. The molecule has 6 rings (SSSR count). The maximum absolute atomic E-state index is 5.02. The van der Waals surface area contributed by atoms with Crippen molar-refractivity contribution in [2.45, 2.75) is 135 Å². The van der Waals surface area contributed by atoms with Crippen molar-refractivity contribution in [1.82, 2.24) is 14.1 Å². The molecule has 54 heavy (non-hydrogen) atoms. The molecule has 0 amide bonds. The van der Waals surface area contributed by atoms with Crippen LogP contribution in [0.2, 0.25) is 36.3 Å². The second-order valence-corrected chi connectivity index (χ2v) is 26.3. The summed E-state index contributed by atoms with van der Waals surface area (Å²) in [5.41, 5.74) is 10.3. The number of fused-ring (bicyclic) bond motifs is 3. The fraction of sp³-hybridized carbons (Fsp3) is 0.438. The second-order valence-electron chi connectivity index (χ2n) is 16.1. The van der Waals surface area contributed by atoms with Crippen LogP contribution >= 0.6 is 0 Å². The van der Waals surface area contributed by atoms with Gasteiger partial charge in [-0.2, -0.15) is 0 Å². The van der Waals surface area contributed by atoms with Gasteiger partial charge in [-0.15, -0.1) is 23.8 Å². The number of aromatic nitrogens is 3. The first-order valence-electron chi connectivity index (χ1n) is 21.0. The van der Waals surface area contributed by atoms with Crippen LogP contribution in [0.25, 0.3) is 44.6 Å². The van der Waals surface area contributed by atoms with E-state index in [0.29, 0.717) is 0 Å². The van der Waals surface area contributed by atoms with Crippen molar-refractivity contribution in [3.8, 4) is 22.8 Å². The van der Waals surface area contributed by atoms with E-state index in [4.69, 9.17) is 4.98 Å². The minimum atomic E-state index is -1.64. The summed E-state index contributed by atoms with van der Waals surface area (Å²) in [6.45, 7) is 19.6. The molecule has 0 bridgehead atoms. The zero-order valence-corrected chi connectivity index (χ0v) is 38.8. The summed E-state index contributed by atoms with van der Waals surface area (Å²) < 4.78 is 4.71. The number of hydrogen-bond donors (Lipinski definition) is 0. The Morgan fingerprint density at radius 3 is 1.69 bits per heavy atom. The van der Waals surface area contributed by atoms with Gasteiger partial charge in [0.15, 0.2) is 0 Å². The molecule has 0 aliphatic carbocycles. The van der Waals surface area contributed by atoms with Crippen LogP contribution in [0, 0.1) is 19.9 Å². The standard InChI is InChI=1S/C48H64N3Si2.Ir/c1-9-28-52(29-10-2,30-11-3)48(53(31-12-4,32-13-5)33-14-6)40-34-37(7)46(38(8)35-40)50-27-26-49-47(50)39-24-25-45-43(36-39)42-22-18-19-23-44(42)51(45)41-20-16-15-17-21-41;/h15-23,25-27,34-36,48H,9-14,28-33H2,1-8H3;/q-1;. The van der Waals surface area contributed by atoms with E-state index >= 15 is 0 Å². The van der Waals surface area contributed by atoms with Crippen molar-refractivity contribution in [2.75, 3.05) is 0 Å². The molecule has 3 nitrogen and oxygen atoms in total. The molecule has 4 aromatic carbocycles. The minimum Gasteiger partial charge on any atom is -0.351 e. The van der Waals surface area contributed by atoms with Crippen LogP contribution in [0.3, 0.4) is 0 Å². The summed E-state index contributed by atoms with van der Waals surface area (Å²) in [6.07, 6.45) is 12.1. The number of rotatable bonds is 18. The van der Waals surface area contributed by atoms with Crippen LogP contribution in [0.4, 0.5) is 0 Å². The van der Waals surface area contributed by atoms with E-state index in [1.165, 1.54) is 119 Å². The molecule has 0 unspecified atom stereocenters. The topological polar surface area (TPSA) is 22.8 Å². The SMILES string of the molecule is CCC[Si](CCC)(CCC)C(c1cc(C)c(-n2ccnc2-c2[c-]cc3c(c2)c2ccccc2n3-c2ccccc2)c(C)c1)[Si](CCC)(CCC)CCC.[Ir]. The Morgan fingerprint density at radius 2 is 1.15 bits per heavy atom. The average Bonchev–Trinajstić information content (AvgIpc) is 3.75. The molecular weight excluding hydrogens is 867 g/mol. The molecule has 2 aromatic heterocycles. The van der Waals surface area contributed by atoms with Crippen LogP contribution in [-0.2, 0) is 20.1 Å². The van der Waals surface area contributed by atoms with Gasteiger partial charge in [0.05, 0.1) is 22.0 Å². The van der Waals surface area contributed by atoms with E-state index in [2.05, 4.69) is 156 Å². The molecule has 289 valence electrons. The van der Waals surface area contributed by atoms with Gasteiger partial charge in [0.1, 0.15) is 0 Å². The molecule has 0 aliphatic heterocycles. The fourth-order valence-electron chi connectivity index (χ4n) is 11.1. The fourth-order valence-corrected chi connectivity index (χ4v) is 29.8. The number of aryl methyl sites for hydroxylation is 2. The molecule has 0 fully saturated rings. The van der Waals surface area contributed by atoms with Crippen molar-refractivity contribution in [3.05, 3.63) is 114 Å². The monoisotopic (exact) mass is 931 g/mol. The number of para-hydroxylation sites is 2. The third kappa shape index (κ3) is 7.96. The summed E-state index contributed by atoms with van der Waals surface area (Å²) in [5.74, 6) is 0.956. The van der Waals surface area contributed by atoms with Gasteiger partial charge >= 0.3 is 0 Å². The average molecular weight is 931 g/mol. The number of nitrogens with zero attached hydrogens (tertiary/aromatic N) is 3.